The Morgan fingerprint density at radius 2 is 1.85 bits per heavy atom. The SMILES string of the molecule is CCCc1ccc2c(ccn2CCN2CCCCC2)c1. The first-order valence-corrected chi connectivity index (χ1v) is 8.17. The van der Waals surface area contributed by atoms with E-state index in [9.17, 15) is 0 Å². The zero-order valence-electron chi connectivity index (χ0n) is 12.6. The van der Waals surface area contributed by atoms with Gasteiger partial charge >= 0.3 is 0 Å². The summed E-state index contributed by atoms with van der Waals surface area (Å²) in [7, 11) is 0. The first-order chi connectivity index (χ1) is 9.86. The molecule has 3 rings (SSSR count). The van der Waals surface area contributed by atoms with Gasteiger partial charge < -0.3 is 9.47 Å². The van der Waals surface area contributed by atoms with Crippen LogP contribution in [0.4, 0.5) is 0 Å². The van der Waals surface area contributed by atoms with Crippen LogP contribution in [0.25, 0.3) is 10.9 Å². The van der Waals surface area contributed by atoms with Crippen molar-refractivity contribution in [2.45, 2.75) is 45.6 Å². The van der Waals surface area contributed by atoms with Gasteiger partial charge in [-0.05, 0) is 61.5 Å². The summed E-state index contributed by atoms with van der Waals surface area (Å²) in [5.74, 6) is 0. The molecule has 0 spiro atoms. The highest BCUT2D eigenvalue weighted by Crippen LogP contribution is 2.19. The van der Waals surface area contributed by atoms with Gasteiger partial charge in [0, 0.05) is 24.8 Å². The molecule has 1 saturated heterocycles. The summed E-state index contributed by atoms with van der Waals surface area (Å²) in [5.41, 5.74) is 2.86. The van der Waals surface area contributed by atoms with E-state index in [1.54, 1.807) is 0 Å². The number of likely N-dealkylation sites (tertiary alicyclic amines) is 1. The van der Waals surface area contributed by atoms with Crippen molar-refractivity contribution < 1.29 is 0 Å². The topological polar surface area (TPSA) is 8.17 Å². The lowest BCUT2D eigenvalue weighted by Gasteiger charge is -2.26. The Morgan fingerprint density at radius 1 is 1.00 bits per heavy atom. The normalized spacial score (nSPS) is 16.9. The Bertz CT molecular complexity index is 550. The number of hydrogen-bond acceptors (Lipinski definition) is 1. The maximum atomic E-state index is 2.61. The Kier molecular flexibility index (Phi) is 4.41. The standard InChI is InChI=1S/C18H26N2/c1-2-6-16-7-8-18-17(15-16)9-12-20(18)14-13-19-10-4-3-5-11-19/h7-9,12,15H,2-6,10-11,13-14H2,1H3. The van der Waals surface area contributed by atoms with Gasteiger partial charge in [0.15, 0.2) is 0 Å². The number of nitrogens with zero attached hydrogens (tertiary/aromatic N) is 2. The molecule has 1 fully saturated rings. The summed E-state index contributed by atoms with van der Waals surface area (Å²) in [4.78, 5) is 2.61. The number of hydrogen-bond donors (Lipinski definition) is 0. The van der Waals surface area contributed by atoms with Crippen LogP contribution in [-0.2, 0) is 13.0 Å². The molecular formula is C18H26N2. The van der Waals surface area contributed by atoms with E-state index in [2.05, 4.69) is 46.9 Å². The molecule has 0 saturated carbocycles. The average molecular weight is 270 g/mol. The zero-order valence-corrected chi connectivity index (χ0v) is 12.6. The largest absolute Gasteiger partial charge is 0.346 e. The minimum Gasteiger partial charge on any atom is -0.346 e. The van der Waals surface area contributed by atoms with Gasteiger partial charge in [0.25, 0.3) is 0 Å². The van der Waals surface area contributed by atoms with Crippen LogP contribution < -0.4 is 0 Å². The highest BCUT2D eigenvalue weighted by molar-refractivity contribution is 5.80. The predicted octanol–water partition coefficient (Wildman–Crippen LogP) is 4.08. The molecule has 1 aromatic carbocycles. The fourth-order valence-corrected chi connectivity index (χ4v) is 3.32. The van der Waals surface area contributed by atoms with E-state index in [4.69, 9.17) is 0 Å². The summed E-state index contributed by atoms with van der Waals surface area (Å²) >= 11 is 0. The van der Waals surface area contributed by atoms with Crippen LogP contribution in [0.1, 0.15) is 38.2 Å². The molecule has 2 aromatic rings. The molecule has 2 nitrogen and oxygen atoms in total. The van der Waals surface area contributed by atoms with Crippen LogP contribution >= 0.6 is 0 Å². The number of benzene rings is 1. The third-order valence-corrected chi connectivity index (χ3v) is 4.48. The molecule has 20 heavy (non-hydrogen) atoms. The van der Waals surface area contributed by atoms with Crippen LogP contribution in [0.15, 0.2) is 30.5 Å². The molecule has 0 unspecified atom stereocenters. The highest BCUT2D eigenvalue weighted by Gasteiger charge is 2.10. The van der Waals surface area contributed by atoms with E-state index >= 15 is 0 Å². The number of fused-ring (bicyclic) bond motifs is 1. The maximum absolute atomic E-state index is 2.61. The summed E-state index contributed by atoms with van der Waals surface area (Å²) in [6, 6.07) is 9.22. The number of rotatable bonds is 5. The van der Waals surface area contributed by atoms with Crippen molar-refractivity contribution in [1.29, 1.82) is 0 Å². The van der Waals surface area contributed by atoms with E-state index in [-0.39, 0.29) is 0 Å². The Balaban J connectivity index is 1.68. The van der Waals surface area contributed by atoms with Gasteiger partial charge in [-0.25, -0.2) is 0 Å². The van der Waals surface area contributed by atoms with E-state index in [0.29, 0.717) is 0 Å². The molecule has 1 aliphatic rings. The minimum absolute atomic E-state index is 1.12. The first kappa shape index (κ1) is 13.7. The second-order valence-corrected chi connectivity index (χ2v) is 6.05. The van der Waals surface area contributed by atoms with Crippen molar-refractivity contribution in [2.24, 2.45) is 0 Å². The van der Waals surface area contributed by atoms with E-state index in [0.717, 1.165) is 6.54 Å². The number of aromatic nitrogens is 1. The molecule has 2 heterocycles. The molecule has 0 amide bonds. The van der Waals surface area contributed by atoms with Crippen molar-refractivity contribution in [3.05, 3.63) is 36.0 Å². The lowest BCUT2D eigenvalue weighted by molar-refractivity contribution is 0.221. The first-order valence-electron chi connectivity index (χ1n) is 8.17. The Labute approximate surface area is 122 Å². The van der Waals surface area contributed by atoms with Crippen molar-refractivity contribution in [1.82, 2.24) is 9.47 Å². The van der Waals surface area contributed by atoms with Gasteiger partial charge in [0.05, 0.1) is 0 Å². The molecule has 108 valence electrons. The third-order valence-electron chi connectivity index (χ3n) is 4.48. The molecule has 0 aliphatic carbocycles. The highest BCUT2D eigenvalue weighted by atomic mass is 15.1. The number of piperidine rings is 1. The van der Waals surface area contributed by atoms with Crippen LogP contribution in [0, 0.1) is 0 Å². The lowest BCUT2D eigenvalue weighted by Crippen LogP contribution is -2.32. The molecule has 0 atom stereocenters. The van der Waals surface area contributed by atoms with Crippen LogP contribution in [0.2, 0.25) is 0 Å². The summed E-state index contributed by atoms with van der Waals surface area (Å²) < 4.78 is 2.42. The summed E-state index contributed by atoms with van der Waals surface area (Å²) in [6.45, 7) is 7.14. The molecular weight excluding hydrogens is 244 g/mol. The Morgan fingerprint density at radius 3 is 2.65 bits per heavy atom. The van der Waals surface area contributed by atoms with Crippen molar-refractivity contribution >= 4 is 10.9 Å². The fourth-order valence-electron chi connectivity index (χ4n) is 3.32. The van der Waals surface area contributed by atoms with Gasteiger partial charge in [-0.15, -0.1) is 0 Å². The second-order valence-electron chi connectivity index (χ2n) is 6.05. The summed E-state index contributed by atoms with van der Waals surface area (Å²) in [5, 5.41) is 1.40. The summed E-state index contributed by atoms with van der Waals surface area (Å²) in [6.07, 6.45) is 8.85. The molecule has 2 heteroatoms. The van der Waals surface area contributed by atoms with Gasteiger partial charge in [0.1, 0.15) is 0 Å². The fraction of sp³-hybridized carbons (Fsp3) is 0.556. The minimum atomic E-state index is 1.12. The van der Waals surface area contributed by atoms with Crippen LogP contribution in [0.3, 0.4) is 0 Å². The third kappa shape index (κ3) is 3.06. The molecule has 0 bridgehead atoms. The molecule has 1 aliphatic heterocycles. The maximum Gasteiger partial charge on any atom is 0.0480 e. The van der Waals surface area contributed by atoms with Crippen LogP contribution in [-0.4, -0.2) is 29.1 Å². The van der Waals surface area contributed by atoms with E-state index in [1.807, 2.05) is 0 Å². The van der Waals surface area contributed by atoms with Crippen molar-refractivity contribution in [2.75, 3.05) is 19.6 Å². The monoisotopic (exact) mass is 270 g/mol. The average Bonchev–Trinajstić information content (AvgIpc) is 2.89. The van der Waals surface area contributed by atoms with Crippen molar-refractivity contribution in [3.8, 4) is 0 Å². The van der Waals surface area contributed by atoms with E-state index < -0.39 is 0 Å². The van der Waals surface area contributed by atoms with Crippen molar-refractivity contribution in [3.63, 3.8) is 0 Å². The smallest absolute Gasteiger partial charge is 0.0480 e. The van der Waals surface area contributed by atoms with Gasteiger partial charge in [0.2, 0.25) is 0 Å². The number of aryl methyl sites for hydroxylation is 1. The predicted molar refractivity (Wildman–Crippen MR) is 86.2 cm³/mol. The van der Waals surface area contributed by atoms with Crippen LogP contribution in [0.5, 0.6) is 0 Å². The lowest BCUT2D eigenvalue weighted by atomic mass is 10.1. The zero-order chi connectivity index (χ0) is 13.8. The molecule has 0 radical (unpaired) electrons. The second kappa shape index (κ2) is 6.45. The van der Waals surface area contributed by atoms with Gasteiger partial charge in [-0.3, -0.25) is 0 Å². The van der Waals surface area contributed by atoms with Gasteiger partial charge in [-0.1, -0.05) is 25.8 Å². The molecule has 0 N–H and O–H groups in total. The quantitative estimate of drug-likeness (QED) is 0.795. The Hall–Kier alpha value is -1.28. The molecule has 1 aromatic heterocycles. The van der Waals surface area contributed by atoms with Gasteiger partial charge in [-0.2, -0.15) is 0 Å². The van der Waals surface area contributed by atoms with E-state index in [1.165, 1.54) is 68.2 Å².